The highest BCUT2D eigenvalue weighted by Gasteiger charge is 2.14. The van der Waals surface area contributed by atoms with Gasteiger partial charge < -0.3 is 9.47 Å². The zero-order valence-electron chi connectivity index (χ0n) is 17.3. The summed E-state index contributed by atoms with van der Waals surface area (Å²) in [5, 5.41) is 0. The second kappa shape index (κ2) is 16.9. The molecule has 1 atom stereocenters. The normalized spacial score (nSPS) is 11.6. The van der Waals surface area contributed by atoms with Crippen molar-refractivity contribution in [1.82, 2.24) is 0 Å². The Morgan fingerprint density at radius 1 is 0.885 bits per heavy atom. The van der Waals surface area contributed by atoms with Gasteiger partial charge in [0.15, 0.2) is 6.10 Å². The smallest absolute Gasteiger partial charge is 0.307 e. The van der Waals surface area contributed by atoms with Gasteiger partial charge in [0.2, 0.25) is 0 Å². The molecule has 0 saturated heterocycles. The maximum Gasteiger partial charge on any atom is 0.307 e. The lowest BCUT2D eigenvalue weighted by Crippen LogP contribution is -2.19. The van der Waals surface area contributed by atoms with Gasteiger partial charge in [-0.05, 0) is 25.2 Å². The van der Waals surface area contributed by atoms with Gasteiger partial charge >= 0.3 is 11.9 Å². The molecule has 0 saturated carbocycles. The zero-order valence-corrected chi connectivity index (χ0v) is 17.3. The van der Waals surface area contributed by atoms with E-state index in [1.54, 1.807) is 0 Å². The molecular weight excluding hydrogens is 328 g/mol. The van der Waals surface area contributed by atoms with Gasteiger partial charge in [0.05, 0.1) is 6.61 Å². The van der Waals surface area contributed by atoms with E-state index in [1.807, 2.05) is 6.92 Å². The molecule has 0 aromatic carbocycles. The van der Waals surface area contributed by atoms with E-state index in [4.69, 9.17) is 9.47 Å². The highest BCUT2D eigenvalue weighted by atomic mass is 16.5. The van der Waals surface area contributed by atoms with E-state index in [0.717, 1.165) is 25.7 Å². The fraction of sp³-hybridized carbons (Fsp3) is 0.818. The first-order chi connectivity index (χ1) is 12.5. The van der Waals surface area contributed by atoms with Gasteiger partial charge in [-0.1, -0.05) is 71.6 Å². The molecule has 0 aromatic heterocycles. The maximum atomic E-state index is 11.9. The molecule has 0 aromatic rings. The minimum absolute atomic E-state index is 0.226. The number of hydrogen-bond donors (Lipinski definition) is 0. The van der Waals surface area contributed by atoms with Gasteiger partial charge in [0.25, 0.3) is 0 Å². The lowest BCUT2D eigenvalue weighted by molar-refractivity contribution is -0.147. The molecule has 0 spiro atoms. The third kappa shape index (κ3) is 16.0. The first kappa shape index (κ1) is 24.5. The number of carbonyl (C=O) groups is 2. The predicted octanol–water partition coefficient (Wildman–Crippen LogP) is 5.43. The van der Waals surface area contributed by atoms with Crippen LogP contribution in [0, 0.1) is 17.8 Å². The molecule has 0 bridgehead atoms. The van der Waals surface area contributed by atoms with Crippen LogP contribution < -0.4 is 0 Å². The molecule has 0 radical (unpaired) electrons. The van der Waals surface area contributed by atoms with Crippen LogP contribution in [0.4, 0.5) is 0 Å². The van der Waals surface area contributed by atoms with Crippen LogP contribution in [0.25, 0.3) is 0 Å². The summed E-state index contributed by atoms with van der Waals surface area (Å²) in [6.45, 7) is 8.81. The molecular formula is C22H38O4. The third-order valence-corrected chi connectivity index (χ3v) is 3.92. The second-order valence-electron chi connectivity index (χ2n) is 7.12. The fourth-order valence-electron chi connectivity index (χ4n) is 2.52. The minimum atomic E-state index is -0.345. The van der Waals surface area contributed by atoms with E-state index in [2.05, 4.69) is 32.6 Å². The maximum absolute atomic E-state index is 11.9. The van der Waals surface area contributed by atoms with Crippen LogP contribution in [-0.4, -0.2) is 24.6 Å². The lowest BCUT2D eigenvalue weighted by Gasteiger charge is -2.14. The highest BCUT2D eigenvalue weighted by Crippen LogP contribution is 2.10. The molecule has 0 aliphatic heterocycles. The lowest BCUT2D eigenvalue weighted by atomic mass is 10.1. The fourth-order valence-corrected chi connectivity index (χ4v) is 2.52. The first-order valence-electron chi connectivity index (χ1n) is 10.3. The number of unbranched alkanes of at least 4 members (excludes halogenated alkanes) is 5. The molecule has 0 rings (SSSR count). The van der Waals surface area contributed by atoms with Crippen molar-refractivity contribution in [1.29, 1.82) is 0 Å². The van der Waals surface area contributed by atoms with Crippen molar-refractivity contribution in [2.24, 2.45) is 5.92 Å². The monoisotopic (exact) mass is 366 g/mol. The standard InChI is InChI=1S/C22H38O4/c1-5-7-9-10-11-12-17-25-21(23)15-13-16-22(24)26-20(14-8-6-2)18-19(3)4/h19-20H,5-7,9-13,15-18H2,1-4H3. The van der Waals surface area contributed by atoms with Crippen LogP contribution in [0.3, 0.4) is 0 Å². The Hall–Kier alpha value is -1.50. The molecule has 0 N–H and O–H groups in total. The van der Waals surface area contributed by atoms with Crippen LogP contribution in [0.1, 0.15) is 98.3 Å². The van der Waals surface area contributed by atoms with Crippen molar-refractivity contribution in [3.05, 3.63) is 0 Å². The molecule has 1 unspecified atom stereocenters. The summed E-state index contributed by atoms with van der Waals surface area (Å²) in [7, 11) is 0. The Bertz CT molecular complexity index is 431. The van der Waals surface area contributed by atoms with Gasteiger partial charge in [-0.3, -0.25) is 9.59 Å². The van der Waals surface area contributed by atoms with Crippen LogP contribution in [0.15, 0.2) is 0 Å². The topological polar surface area (TPSA) is 52.6 Å². The summed E-state index contributed by atoms with van der Waals surface area (Å²) in [6.07, 6.45) is 9.10. The molecule has 0 heterocycles. The number of esters is 2. The van der Waals surface area contributed by atoms with E-state index < -0.39 is 0 Å². The quantitative estimate of drug-likeness (QED) is 0.234. The summed E-state index contributed by atoms with van der Waals surface area (Å²) in [6, 6.07) is 0. The Labute approximate surface area is 160 Å². The molecule has 4 nitrogen and oxygen atoms in total. The summed E-state index contributed by atoms with van der Waals surface area (Å²) >= 11 is 0. The van der Waals surface area contributed by atoms with Gasteiger partial charge in [0.1, 0.15) is 0 Å². The number of ether oxygens (including phenoxy) is 2. The molecule has 0 aliphatic rings. The largest absolute Gasteiger partial charge is 0.466 e. The van der Waals surface area contributed by atoms with Crippen LogP contribution in [0.5, 0.6) is 0 Å². The van der Waals surface area contributed by atoms with E-state index in [0.29, 0.717) is 18.9 Å². The molecule has 150 valence electrons. The van der Waals surface area contributed by atoms with Crippen molar-refractivity contribution < 1.29 is 19.1 Å². The highest BCUT2D eigenvalue weighted by molar-refractivity contribution is 5.72. The Kier molecular flexibility index (Phi) is 16.0. The van der Waals surface area contributed by atoms with E-state index in [9.17, 15) is 9.59 Å². The third-order valence-electron chi connectivity index (χ3n) is 3.92. The summed E-state index contributed by atoms with van der Waals surface area (Å²) in [5.74, 6) is 5.87. The molecule has 0 fully saturated rings. The van der Waals surface area contributed by atoms with Crippen LogP contribution in [0.2, 0.25) is 0 Å². The van der Waals surface area contributed by atoms with Gasteiger partial charge in [0, 0.05) is 19.3 Å². The number of carbonyl (C=O) groups excluding carboxylic acids is 2. The van der Waals surface area contributed by atoms with Crippen LogP contribution in [-0.2, 0) is 19.1 Å². The SMILES string of the molecule is CCC#CC(CC(C)C)OC(=O)CCCC(=O)OCCCCCCCC. The average Bonchev–Trinajstić information content (AvgIpc) is 2.58. The van der Waals surface area contributed by atoms with Gasteiger partial charge in [-0.25, -0.2) is 0 Å². The van der Waals surface area contributed by atoms with E-state index in [1.165, 1.54) is 25.7 Å². The molecule has 0 amide bonds. The second-order valence-corrected chi connectivity index (χ2v) is 7.12. The Morgan fingerprint density at radius 3 is 2.19 bits per heavy atom. The molecule has 4 heteroatoms. The first-order valence-corrected chi connectivity index (χ1v) is 10.3. The van der Waals surface area contributed by atoms with Crippen molar-refractivity contribution in [2.45, 2.75) is 104 Å². The summed E-state index contributed by atoms with van der Waals surface area (Å²) in [4.78, 5) is 23.6. The van der Waals surface area contributed by atoms with Gasteiger partial charge in [-0.15, -0.1) is 0 Å². The van der Waals surface area contributed by atoms with Gasteiger partial charge in [-0.2, -0.15) is 0 Å². The predicted molar refractivity (Wildman–Crippen MR) is 106 cm³/mol. The molecule has 26 heavy (non-hydrogen) atoms. The minimum Gasteiger partial charge on any atom is -0.466 e. The van der Waals surface area contributed by atoms with Crippen molar-refractivity contribution in [3.63, 3.8) is 0 Å². The zero-order chi connectivity index (χ0) is 19.6. The number of rotatable bonds is 14. The Morgan fingerprint density at radius 2 is 1.54 bits per heavy atom. The molecule has 0 aliphatic carbocycles. The van der Waals surface area contributed by atoms with E-state index in [-0.39, 0.29) is 30.9 Å². The number of hydrogen-bond acceptors (Lipinski definition) is 4. The van der Waals surface area contributed by atoms with E-state index >= 15 is 0 Å². The van der Waals surface area contributed by atoms with Crippen LogP contribution >= 0.6 is 0 Å². The van der Waals surface area contributed by atoms with Crippen molar-refractivity contribution in [2.75, 3.05) is 6.61 Å². The summed E-state index contributed by atoms with van der Waals surface area (Å²) < 4.78 is 10.6. The van der Waals surface area contributed by atoms with Crippen molar-refractivity contribution in [3.8, 4) is 11.8 Å². The van der Waals surface area contributed by atoms with Crippen molar-refractivity contribution >= 4 is 11.9 Å². The average molecular weight is 367 g/mol. The summed E-state index contributed by atoms with van der Waals surface area (Å²) in [5.41, 5.74) is 0. The Balaban J connectivity index is 3.82.